The first-order valence-corrected chi connectivity index (χ1v) is 9.70. The molecule has 130 valence electrons. The largest absolute Gasteiger partial charge is 0.330 e. The Morgan fingerprint density at radius 1 is 1.20 bits per heavy atom. The predicted molar refractivity (Wildman–Crippen MR) is 101 cm³/mol. The van der Waals surface area contributed by atoms with Crippen LogP contribution in [-0.2, 0) is 13.6 Å². The lowest BCUT2D eigenvalue weighted by atomic mass is 9.92. The molecule has 4 heterocycles. The van der Waals surface area contributed by atoms with Crippen LogP contribution in [-0.4, -0.2) is 37.5 Å². The van der Waals surface area contributed by atoms with Gasteiger partial charge in [-0.15, -0.1) is 11.3 Å². The van der Waals surface area contributed by atoms with Crippen LogP contribution in [0.5, 0.6) is 0 Å². The lowest BCUT2D eigenvalue weighted by Crippen LogP contribution is -2.32. The van der Waals surface area contributed by atoms with Gasteiger partial charge in [-0.3, -0.25) is 9.88 Å². The normalized spacial score (nSPS) is 16.4. The van der Waals surface area contributed by atoms with Gasteiger partial charge in [-0.2, -0.15) is 0 Å². The standard InChI is InChI=1S/C19H23N5S/c1-14-20-10-19(23(14)2)18-5-3-4-17(22-18)15-6-8-24(9-7-15)11-16-12-25-13-21-16/h3-5,10,12-13,15H,6-9,11H2,1-2H3. The van der Waals surface area contributed by atoms with E-state index in [1.54, 1.807) is 11.3 Å². The molecular weight excluding hydrogens is 330 g/mol. The maximum absolute atomic E-state index is 4.95. The maximum Gasteiger partial charge on any atom is 0.105 e. The van der Waals surface area contributed by atoms with Crippen LogP contribution in [0, 0.1) is 6.92 Å². The summed E-state index contributed by atoms with van der Waals surface area (Å²) in [5, 5.41) is 2.15. The molecule has 1 fully saturated rings. The number of rotatable bonds is 4. The molecule has 0 amide bonds. The van der Waals surface area contributed by atoms with E-state index < -0.39 is 0 Å². The number of hydrogen-bond acceptors (Lipinski definition) is 5. The minimum absolute atomic E-state index is 0.543. The third kappa shape index (κ3) is 3.50. The fraction of sp³-hybridized carbons (Fsp3) is 0.421. The van der Waals surface area contributed by atoms with Crippen molar-refractivity contribution in [3.63, 3.8) is 0 Å². The lowest BCUT2D eigenvalue weighted by Gasteiger charge is -2.31. The van der Waals surface area contributed by atoms with Crippen LogP contribution in [0.15, 0.2) is 35.3 Å². The van der Waals surface area contributed by atoms with Crippen LogP contribution in [0.4, 0.5) is 0 Å². The van der Waals surface area contributed by atoms with E-state index in [0.717, 1.165) is 49.7 Å². The Bertz CT molecular complexity index is 831. The molecule has 5 nitrogen and oxygen atoms in total. The molecule has 0 atom stereocenters. The van der Waals surface area contributed by atoms with Crippen LogP contribution in [0.25, 0.3) is 11.4 Å². The second-order valence-electron chi connectivity index (χ2n) is 6.73. The van der Waals surface area contributed by atoms with E-state index in [1.807, 2.05) is 25.7 Å². The van der Waals surface area contributed by atoms with Crippen molar-refractivity contribution in [3.8, 4) is 11.4 Å². The minimum atomic E-state index is 0.543. The molecular formula is C19H23N5S. The van der Waals surface area contributed by atoms with Crippen LogP contribution < -0.4 is 0 Å². The van der Waals surface area contributed by atoms with Crippen molar-refractivity contribution in [2.75, 3.05) is 13.1 Å². The van der Waals surface area contributed by atoms with Crippen molar-refractivity contribution in [3.05, 3.63) is 52.5 Å². The summed E-state index contributed by atoms with van der Waals surface area (Å²) in [5.41, 5.74) is 6.42. The van der Waals surface area contributed by atoms with Gasteiger partial charge in [-0.25, -0.2) is 9.97 Å². The number of hydrogen-bond donors (Lipinski definition) is 0. The highest BCUT2D eigenvalue weighted by Gasteiger charge is 2.22. The van der Waals surface area contributed by atoms with Gasteiger partial charge >= 0.3 is 0 Å². The van der Waals surface area contributed by atoms with E-state index in [1.165, 1.54) is 11.4 Å². The third-order valence-electron chi connectivity index (χ3n) is 5.13. The zero-order valence-electron chi connectivity index (χ0n) is 14.7. The van der Waals surface area contributed by atoms with E-state index in [0.29, 0.717) is 5.92 Å². The molecule has 0 spiro atoms. The van der Waals surface area contributed by atoms with Crippen LogP contribution in [0.2, 0.25) is 0 Å². The number of imidazole rings is 1. The lowest BCUT2D eigenvalue weighted by molar-refractivity contribution is 0.201. The minimum Gasteiger partial charge on any atom is -0.330 e. The predicted octanol–water partition coefficient (Wildman–Crippen LogP) is 3.63. The average molecular weight is 353 g/mol. The molecule has 4 rings (SSSR count). The number of nitrogens with zero attached hydrogens (tertiary/aromatic N) is 5. The van der Waals surface area contributed by atoms with Crippen LogP contribution in [0.1, 0.15) is 36.0 Å². The number of aromatic nitrogens is 4. The van der Waals surface area contributed by atoms with Gasteiger partial charge in [0.25, 0.3) is 0 Å². The summed E-state index contributed by atoms with van der Waals surface area (Å²) in [5.74, 6) is 1.55. The van der Waals surface area contributed by atoms with E-state index >= 15 is 0 Å². The molecule has 0 bridgehead atoms. The maximum atomic E-state index is 4.95. The van der Waals surface area contributed by atoms with Gasteiger partial charge in [0, 0.05) is 30.6 Å². The molecule has 25 heavy (non-hydrogen) atoms. The summed E-state index contributed by atoms with van der Waals surface area (Å²) in [6, 6.07) is 6.38. The van der Waals surface area contributed by atoms with Crippen molar-refractivity contribution < 1.29 is 0 Å². The Morgan fingerprint density at radius 3 is 2.72 bits per heavy atom. The average Bonchev–Trinajstić information content (AvgIpc) is 3.26. The first kappa shape index (κ1) is 16.4. The molecule has 0 aliphatic carbocycles. The quantitative estimate of drug-likeness (QED) is 0.719. The molecule has 0 aromatic carbocycles. The van der Waals surface area contributed by atoms with E-state index in [-0.39, 0.29) is 0 Å². The number of piperidine rings is 1. The van der Waals surface area contributed by atoms with Crippen LogP contribution >= 0.6 is 11.3 Å². The van der Waals surface area contributed by atoms with Gasteiger partial charge in [0.05, 0.1) is 28.8 Å². The summed E-state index contributed by atoms with van der Waals surface area (Å²) in [6.45, 7) is 5.21. The van der Waals surface area contributed by atoms with Crippen molar-refractivity contribution in [2.24, 2.45) is 7.05 Å². The fourth-order valence-electron chi connectivity index (χ4n) is 3.49. The molecule has 0 radical (unpaired) electrons. The Hall–Kier alpha value is -2.05. The zero-order valence-corrected chi connectivity index (χ0v) is 15.5. The van der Waals surface area contributed by atoms with Crippen molar-refractivity contribution >= 4 is 11.3 Å². The Kier molecular flexibility index (Phi) is 4.63. The molecule has 0 N–H and O–H groups in total. The number of pyridine rings is 1. The summed E-state index contributed by atoms with van der Waals surface area (Å²) < 4.78 is 2.10. The SMILES string of the molecule is Cc1ncc(-c2cccc(C3CCN(Cc4cscn4)CC3)n2)n1C. The number of likely N-dealkylation sites (tertiary alicyclic amines) is 1. The molecule has 1 aliphatic rings. The van der Waals surface area contributed by atoms with Gasteiger partial charge in [-0.05, 0) is 45.0 Å². The van der Waals surface area contributed by atoms with Gasteiger partial charge in [-0.1, -0.05) is 6.07 Å². The smallest absolute Gasteiger partial charge is 0.105 e. The van der Waals surface area contributed by atoms with Gasteiger partial charge < -0.3 is 4.57 Å². The number of aryl methyl sites for hydroxylation is 1. The monoisotopic (exact) mass is 353 g/mol. The first-order valence-electron chi connectivity index (χ1n) is 8.76. The highest BCUT2D eigenvalue weighted by atomic mass is 32.1. The highest BCUT2D eigenvalue weighted by Crippen LogP contribution is 2.29. The van der Waals surface area contributed by atoms with Gasteiger partial charge in [0.15, 0.2) is 0 Å². The Labute approximate surface area is 152 Å². The topological polar surface area (TPSA) is 46.8 Å². The summed E-state index contributed by atoms with van der Waals surface area (Å²) in [6.07, 6.45) is 4.23. The van der Waals surface area contributed by atoms with Crippen molar-refractivity contribution in [1.29, 1.82) is 0 Å². The van der Waals surface area contributed by atoms with E-state index in [9.17, 15) is 0 Å². The van der Waals surface area contributed by atoms with Crippen molar-refractivity contribution in [1.82, 2.24) is 24.4 Å². The summed E-state index contributed by atoms with van der Waals surface area (Å²) >= 11 is 1.67. The molecule has 1 aliphatic heterocycles. The second kappa shape index (κ2) is 7.06. The van der Waals surface area contributed by atoms with Crippen LogP contribution in [0.3, 0.4) is 0 Å². The second-order valence-corrected chi connectivity index (χ2v) is 7.45. The zero-order chi connectivity index (χ0) is 17.2. The Morgan fingerprint density at radius 2 is 2.04 bits per heavy atom. The molecule has 3 aromatic heterocycles. The Balaban J connectivity index is 1.45. The number of thiazole rings is 1. The molecule has 3 aromatic rings. The summed E-state index contributed by atoms with van der Waals surface area (Å²) in [4.78, 5) is 16.2. The van der Waals surface area contributed by atoms with E-state index in [4.69, 9.17) is 4.98 Å². The fourth-order valence-corrected chi connectivity index (χ4v) is 4.04. The summed E-state index contributed by atoms with van der Waals surface area (Å²) in [7, 11) is 2.04. The molecule has 0 saturated carbocycles. The first-order chi connectivity index (χ1) is 12.2. The highest BCUT2D eigenvalue weighted by molar-refractivity contribution is 7.07. The van der Waals surface area contributed by atoms with E-state index in [2.05, 4.69) is 43.0 Å². The van der Waals surface area contributed by atoms with Gasteiger partial charge in [0.1, 0.15) is 5.82 Å². The van der Waals surface area contributed by atoms with Gasteiger partial charge in [0.2, 0.25) is 0 Å². The van der Waals surface area contributed by atoms with Crippen molar-refractivity contribution in [2.45, 2.75) is 32.2 Å². The molecule has 0 unspecified atom stereocenters. The molecule has 1 saturated heterocycles. The third-order valence-corrected chi connectivity index (χ3v) is 5.76. The molecule has 6 heteroatoms.